The Balaban J connectivity index is 1.58. The zero-order chi connectivity index (χ0) is 16.8. The molecule has 0 saturated carbocycles. The molecular formula is C16H18N6OS. The molecule has 0 fully saturated rings. The van der Waals surface area contributed by atoms with Crippen molar-refractivity contribution in [2.45, 2.75) is 6.92 Å². The van der Waals surface area contributed by atoms with Gasteiger partial charge in [-0.2, -0.15) is 14.5 Å². The van der Waals surface area contributed by atoms with Gasteiger partial charge < -0.3 is 10.2 Å². The van der Waals surface area contributed by atoms with Gasteiger partial charge in [-0.3, -0.25) is 9.89 Å². The third kappa shape index (κ3) is 3.77. The molecule has 0 aliphatic rings. The van der Waals surface area contributed by atoms with Crippen molar-refractivity contribution >= 4 is 22.6 Å². The van der Waals surface area contributed by atoms with E-state index in [1.807, 2.05) is 30.3 Å². The number of hydrogen-bond acceptors (Lipinski definition) is 6. The van der Waals surface area contributed by atoms with Crippen LogP contribution < -0.4 is 10.2 Å². The first-order valence-electron chi connectivity index (χ1n) is 7.69. The van der Waals surface area contributed by atoms with Gasteiger partial charge in [0.15, 0.2) is 5.82 Å². The van der Waals surface area contributed by atoms with E-state index in [2.05, 4.69) is 36.7 Å². The molecule has 124 valence electrons. The third-order valence-corrected chi connectivity index (χ3v) is 4.30. The molecule has 0 saturated heterocycles. The quantitative estimate of drug-likeness (QED) is 0.687. The van der Waals surface area contributed by atoms with Gasteiger partial charge in [-0.25, -0.2) is 0 Å². The lowest BCUT2D eigenvalue weighted by molar-refractivity contribution is 0.0954. The predicted molar refractivity (Wildman–Crippen MR) is 94.2 cm³/mol. The maximum absolute atomic E-state index is 11.9. The topological polar surface area (TPSA) is 86.8 Å². The van der Waals surface area contributed by atoms with Crippen LogP contribution in [0, 0.1) is 0 Å². The number of nitrogens with zero attached hydrogens (tertiary/aromatic N) is 4. The van der Waals surface area contributed by atoms with Crippen molar-refractivity contribution in [2.75, 3.05) is 24.5 Å². The van der Waals surface area contributed by atoms with Crippen molar-refractivity contribution in [3.05, 3.63) is 48.3 Å². The fraction of sp³-hybridized carbons (Fsp3) is 0.250. The summed E-state index contributed by atoms with van der Waals surface area (Å²) in [5, 5.41) is 10.1. The maximum atomic E-state index is 11.9. The molecule has 2 aromatic heterocycles. The lowest BCUT2D eigenvalue weighted by atomic mass is 10.2. The van der Waals surface area contributed by atoms with Gasteiger partial charge in [-0.15, -0.1) is 0 Å². The summed E-state index contributed by atoms with van der Waals surface area (Å²) < 4.78 is 4.43. The minimum absolute atomic E-state index is 0.137. The molecule has 2 N–H and O–H groups in total. The third-order valence-electron chi connectivity index (χ3n) is 3.53. The second-order valence-electron chi connectivity index (χ2n) is 5.09. The van der Waals surface area contributed by atoms with E-state index in [4.69, 9.17) is 0 Å². The number of likely N-dealkylation sites (N-methyl/N-ethyl adjacent to an activating group) is 1. The Morgan fingerprint density at radius 1 is 1.33 bits per heavy atom. The average Bonchev–Trinajstić information content (AvgIpc) is 3.31. The summed E-state index contributed by atoms with van der Waals surface area (Å²) in [4.78, 5) is 18.6. The molecule has 7 nitrogen and oxygen atoms in total. The van der Waals surface area contributed by atoms with Gasteiger partial charge in [-0.1, -0.05) is 30.3 Å². The highest BCUT2D eigenvalue weighted by Crippen LogP contribution is 2.23. The van der Waals surface area contributed by atoms with Gasteiger partial charge in [0.25, 0.3) is 5.91 Å². The van der Waals surface area contributed by atoms with Crippen LogP contribution in [0.15, 0.2) is 42.7 Å². The molecule has 1 amide bonds. The van der Waals surface area contributed by atoms with Crippen LogP contribution in [0.4, 0.5) is 5.13 Å². The number of amides is 1. The monoisotopic (exact) mass is 342 g/mol. The zero-order valence-electron chi connectivity index (χ0n) is 13.3. The number of benzene rings is 1. The molecule has 3 rings (SSSR count). The first-order valence-corrected chi connectivity index (χ1v) is 8.46. The van der Waals surface area contributed by atoms with Gasteiger partial charge in [0.05, 0.1) is 11.8 Å². The van der Waals surface area contributed by atoms with Crippen molar-refractivity contribution in [2.24, 2.45) is 0 Å². The van der Waals surface area contributed by atoms with E-state index in [1.165, 1.54) is 17.7 Å². The summed E-state index contributed by atoms with van der Waals surface area (Å²) in [6.45, 7) is 4.05. The Kier molecular flexibility index (Phi) is 5.17. The number of H-pyrrole nitrogens is 1. The van der Waals surface area contributed by atoms with E-state index in [1.54, 1.807) is 6.20 Å². The Bertz CT molecular complexity index is 771. The van der Waals surface area contributed by atoms with E-state index in [0.717, 1.165) is 23.1 Å². The molecule has 0 aliphatic heterocycles. The molecule has 1 aromatic carbocycles. The molecule has 0 spiro atoms. The molecule has 3 aromatic rings. The molecule has 0 bridgehead atoms. The molecule has 0 unspecified atom stereocenters. The van der Waals surface area contributed by atoms with Gasteiger partial charge in [0.1, 0.15) is 0 Å². The van der Waals surface area contributed by atoms with E-state index in [9.17, 15) is 4.79 Å². The van der Waals surface area contributed by atoms with Crippen molar-refractivity contribution in [3.63, 3.8) is 0 Å². The Labute approximate surface area is 143 Å². The number of hydrogen-bond donors (Lipinski definition) is 2. The molecule has 24 heavy (non-hydrogen) atoms. The fourth-order valence-electron chi connectivity index (χ4n) is 2.22. The smallest absolute Gasteiger partial charge is 0.254 e. The lowest BCUT2D eigenvalue weighted by Gasteiger charge is -2.19. The van der Waals surface area contributed by atoms with E-state index >= 15 is 0 Å². The maximum Gasteiger partial charge on any atom is 0.254 e. The standard InChI is InChI=1S/C16H18N6OS/c1-2-22(9-8-17-15(23)13-10-18-19-11-13)16-20-14(21-24-16)12-6-4-3-5-7-12/h3-7,10-11H,2,8-9H2,1H3,(H,17,23)(H,18,19). The second kappa shape index (κ2) is 7.69. The number of carbonyl (C=O) groups is 1. The number of rotatable bonds is 7. The summed E-state index contributed by atoms with van der Waals surface area (Å²) in [7, 11) is 0. The van der Waals surface area contributed by atoms with E-state index < -0.39 is 0 Å². The molecule has 2 heterocycles. The van der Waals surface area contributed by atoms with Crippen LogP contribution in [0.3, 0.4) is 0 Å². The normalized spacial score (nSPS) is 10.5. The summed E-state index contributed by atoms with van der Waals surface area (Å²) in [5.74, 6) is 0.596. The average molecular weight is 342 g/mol. The number of aromatic nitrogens is 4. The first kappa shape index (κ1) is 16.1. The summed E-state index contributed by atoms with van der Waals surface area (Å²) in [6.07, 6.45) is 3.08. The second-order valence-corrected chi connectivity index (χ2v) is 5.82. The molecule has 8 heteroatoms. The van der Waals surface area contributed by atoms with Crippen LogP contribution in [0.25, 0.3) is 11.4 Å². The van der Waals surface area contributed by atoms with Gasteiger partial charge in [0, 0.05) is 42.9 Å². The summed E-state index contributed by atoms with van der Waals surface area (Å²) in [6, 6.07) is 9.90. The van der Waals surface area contributed by atoms with E-state index in [-0.39, 0.29) is 5.91 Å². The molecule has 0 atom stereocenters. The summed E-state index contributed by atoms with van der Waals surface area (Å²) in [5.41, 5.74) is 1.53. The molecule has 0 aliphatic carbocycles. The Morgan fingerprint density at radius 2 is 2.17 bits per heavy atom. The minimum Gasteiger partial charge on any atom is -0.350 e. The highest BCUT2D eigenvalue weighted by atomic mass is 32.1. The zero-order valence-corrected chi connectivity index (χ0v) is 14.1. The largest absolute Gasteiger partial charge is 0.350 e. The predicted octanol–water partition coefficient (Wildman–Crippen LogP) is 2.18. The van der Waals surface area contributed by atoms with Crippen molar-refractivity contribution in [3.8, 4) is 11.4 Å². The van der Waals surface area contributed by atoms with Crippen LogP contribution >= 0.6 is 11.5 Å². The van der Waals surface area contributed by atoms with Gasteiger partial charge in [0.2, 0.25) is 5.13 Å². The van der Waals surface area contributed by atoms with Crippen molar-refractivity contribution in [1.82, 2.24) is 24.9 Å². The van der Waals surface area contributed by atoms with Crippen LogP contribution in [0.1, 0.15) is 17.3 Å². The van der Waals surface area contributed by atoms with Crippen LogP contribution in [-0.4, -0.2) is 45.1 Å². The first-order chi connectivity index (χ1) is 11.8. The minimum atomic E-state index is -0.137. The number of nitrogens with one attached hydrogen (secondary N) is 2. The number of carbonyl (C=O) groups excluding carboxylic acids is 1. The fourth-order valence-corrected chi connectivity index (χ4v) is 3.00. The Morgan fingerprint density at radius 3 is 2.88 bits per heavy atom. The Hall–Kier alpha value is -2.74. The van der Waals surface area contributed by atoms with Gasteiger partial charge >= 0.3 is 0 Å². The highest BCUT2D eigenvalue weighted by molar-refractivity contribution is 7.09. The van der Waals surface area contributed by atoms with Crippen molar-refractivity contribution in [1.29, 1.82) is 0 Å². The van der Waals surface area contributed by atoms with Crippen LogP contribution in [-0.2, 0) is 0 Å². The number of anilines is 1. The van der Waals surface area contributed by atoms with Gasteiger partial charge in [-0.05, 0) is 6.92 Å². The van der Waals surface area contributed by atoms with E-state index in [0.29, 0.717) is 18.7 Å². The van der Waals surface area contributed by atoms with Crippen molar-refractivity contribution < 1.29 is 4.79 Å². The SMILES string of the molecule is CCN(CCNC(=O)c1cn[nH]c1)c1nc(-c2ccccc2)ns1. The van der Waals surface area contributed by atoms with Crippen LogP contribution in [0.5, 0.6) is 0 Å². The highest BCUT2D eigenvalue weighted by Gasteiger charge is 2.13. The number of aromatic amines is 1. The molecular weight excluding hydrogens is 324 g/mol. The molecule has 0 radical (unpaired) electrons. The lowest BCUT2D eigenvalue weighted by Crippen LogP contribution is -2.34. The summed E-state index contributed by atoms with van der Waals surface area (Å²) >= 11 is 1.37. The van der Waals surface area contributed by atoms with Crippen LogP contribution in [0.2, 0.25) is 0 Å².